The zero-order chi connectivity index (χ0) is 13.0. The molecule has 0 radical (unpaired) electrons. The highest BCUT2D eigenvalue weighted by atomic mass is 16.5. The monoisotopic (exact) mass is 249 g/mol. The van der Waals surface area contributed by atoms with Gasteiger partial charge in [-0.25, -0.2) is 0 Å². The summed E-state index contributed by atoms with van der Waals surface area (Å²) in [6, 6.07) is 5.45. The van der Waals surface area contributed by atoms with E-state index in [1.54, 1.807) is 6.07 Å². The number of carbonyl (C=O) groups excluding carboxylic acids is 1. The van der Waals surface area contributed by atoms with Crippen molar-refractivity contribution in [3.63, 3.8) is 0 Å². The number of hydrogen-bond acceptors (Lipinski definition) is 4. The third-order valence-electron chi connectivity index (χ3n) is 2.86. The summed E-state index contributed by atoms with van der Waals surface area (Å²) >= 11 is 0. The minimum absolute atomic E-state index is 0.134. The zero-order valence-electron chi connectivity index (χ0n) is 10.9. The van der Waals surface area contributed by atoms with Crippen molar-refractivity contribution in [3.8, 4) is 11.5 Å². The van der Waals surface area contributed by atoms with Crippen LogP contribution in [0.15, 0.2) is 18.2 Å². The molecular weight excluding hydrogens is 230 g/mol. The number of carbonyl (C=O) groups is 1. The molecule has 0 spiro atoms. The lowest BCUT2D eigenvalue weighted by molar-refractivity contribution is 0.0933. The van der Waals surface area contributed by atoms with E-state index in [2.05, 4.69) is 4.90 Å². The van der Waals surface area contributed by atoms with Crippen LogP contribution < -0.4 is 9.47 Å². The maximum absolute atomic E-state index is 11.7. The molecule has 0 aromatic heterocycles. The van der Waals surface area contributed by atoms with Crippen LogP contribution in [0.4, 0.5) is 0 Å². The summed E-state index contributed by atoms with van der Waals surface area (Å²) in [7, 11) is 4.07. The largest absolute Gasteiger partial charge is 0.494 e. The van der Waals surface area contributed by atoms with E-state index in [4.69, 9.17) is 9.47 Å². The van der Waals surface area contributed by atoms with Crippen LogP contribution >= 0.6 is 0 Å². The van der Waals surface area contributed by atoms with Crippen molar-refractivity contribution < 1.29 is 14.3 Å². The van der Waals surface area contributed by atoms with E-state index in [0.717, 1.165) is 18.7 Å². The van der Waals surface area contributed by atoms with E-state index in [0.29, 0.717) is 30.9 Å². The first-order valence-corrected chi connectivity index (χ1v) is 6.24. The number of benzene rings is 1. The second-order valence-electron chi connectivity index (χ2n) is 4.68. The molecule has 0 amide bonds. The van der Waals surface area contributed by atoms with Crippen LogP contribution in [0.3, 0.4) is 0 Å². The maximum Gasteiger partial charge on any atom is 0.170 e. The first-order valence-electron chi connectivity index (χ1n) is 6.24. The molecule has 98 valence electrons. The second-order valence-corrected chi connectivity index (χ2v) is 4.68. The van der Waals surface area contributed by atoms with Crippen LogP contribution in [-0.2, 0) is 0 Å². The number of rotatable bonds is 5. The van der Waals surface area contributed by atoms with E-state index >= 15 is 0 Å². The van der Waals surface area contributed by atoms with Gasteiger partial charge in [-0.15, -0.1) is 0 Å². The van der Waals surface area contributed by atoms with Crippen molar-refractivity contribution in [2.24, 2.45) is 0 Å². The lowest BCUT2D eigenvalue weighted by Gasteiger charge is -2.17. The van der Waals surface area contributed by atoms with E-state index in [1.807, 2.05) is 26.2 Å². The number of fused-ring (bicyclic) bond motifs is 1. The van der Waals surface area contributed by atoms with Crippen molar-refractivity contribution in [1.82, 2.24) is 4.90 Å². The van der Waals surface area contributed by atoms with E-state index in [9.17, 15) is 4.79 Å². The lowest BCUT2D eigenvalue weighted by Crippen LogP contribution is -2.16. The summed E-state index contributed by atoms with van der Waals surface area (Å²) in [5, 5.41) is 0. The van der Waals surface area contributed by atoms with E-state index in [1.165, 1.54) is 0 Å². The van der Waals surface area contributed by atoms with Gasteiger partial charge in [0.25, 0.3) is 0 Å². The molecule has 0 atom stereocenters. The van der Waals surface area contributed by atoms with Gasteiger partial charge in [0.1, 0.15) is 11.5 Å². The van der Waals surface area contributed by atoms with Gasteiger partial charge in [0.05, 0.1) is 18.8 Å². The Bertz CT molecular complexity index is 429. The van der Waals surface area contributed by atoms with E-state index < -0.39 is 0 Å². The van der Waals surface area contributed by atoms with Crippen molar-refractivity contribution in [3.05, 3.63) is 23.8 Å². The molecule has 0 N–H and O–H groups in total. The first kappa shape index (κ1) is 12.9. The highest BCUT2D eigenvalue weighted by Crippen LogP contribution is 2.28. The van der Waals surface area contributed by atoms with Gasteiger partial charge in [-0.3, -0.25) is 4.79 Å². The fraction of sp³-hybridized carbons (Fsp3) is 0.500. The molecule has 0 saturated heterocycles. The molecule has 0 saturated carbocycles. The molecule has 1 heterocycles. The molecule has 1 aromatic rings. The molecule has 1 aliphatic heterocycles. The number of hydrogen-bond donors (Lipinski definition) is 0. The molecule has 0 aliphatic carbocycles. The molecule has 4 nitrogen and oxygen atoms in total. The summed E-state index contributed by atoms with van der Waals surface area (Å²) in [4.78, 5) is 13.8. The minimum atomic E-state index is 0.134. The summed E-state index contributed by atoms with van der Waals surface area (Å²) in [5.41, 5.74) is 0.645. The van der Waals surface area contributed by atoms with E-state index in [-0.39, 0.29) is 5.78 Å². The first-order chi connectivity index (χ1) is 8.66. The van der Waals surface area contributed by atoms with Gasteiger partial charge in [-0.2, -0.15) is 0 Å². The molecule has 0 unspecified atom stereocenters. The van der Waals surface area contributed by atoms with Gasteiger partial charge in [0.15, 0.2) is 5.78 Å². The van der Waals surface area contributed by atoms with Crippen LogP contribution in [-0.4, -0.2) is 44.5 Å². The SMILES string of the molecule is CN(C)CCCOc1ccc2c(c1)C(=O)CCO2. The third kappa shape index (κ3) is 3.23. The second kappa shape index (κ2) is 5.87. The fourth-order valence-corrected chi connectivity index (χ4v) is 1.90. The van der Waals surface area contributed by atoms with Crippen molar-refractivity contribution >= 4 is 5.78 Å². The van der Waals surface area contributed by atoms with Crippen molar-refractivity contribution in [2.45, 2.75) is 12.8 Å². The van der Waals surface area contributed by atoms with Crippen LogP contribution in [0, 0.1) is 0 Å². The summed E-state index contributed by atoms with van der Waals surface area (Å²) in [6.07, 6.45) is 1.42. The Labute approximate surface area is 107 Å². The van der Waals surface area contributed by atoms with Crippen LogP contribution in [0.5, 0.6) is 11.5 Å². The molecule has 0 fully saturated rings. The Morgan fingerprint density at radius 2 is 2.22 bits per heavy atom. The van der Waals surface area contributed by atoms with Gasteiger partial charge in [0.2, 0.25) is 0 Å². The topological polar surface area (TPSA) is 38.8 Å². The number of ether oxygens (including phenoxy) is 2. The van der Waals surface area contributed by atoms with Crippen molar-refractivity contribution in [2.75, 3.05) is 33.9 Å². The average molecular weight is 249 g/mol. The molecule has 1 aromatic carbocycles. The molecule has 18 heavy (non-hydrogen) atoms. The Morgan fingerprint density at radius 3 is 3.00 bits per heavy atom. The number of ketones is 1. The Hall–Kier alpha value is -1.55. The van der Waals surface area contributed by atoms with Gasteiger partial charge in [-0.05, 0) is 38.7 Å². The smallest absolute Gasteiger partial charge is 0.170 e. The van der Waals surface area contributed by atoms with Crippen LogP contribution in [0.25, 0.3) is 0 Å². The quantitative estimate of drug-likeness (QED) is 0.748. The summed E-state index contributed by atoms with van der Waals surface area (Å²) in [5.74, 6) is 1.55. The molecule has 4 heteroatoms. The van der Waals surface area contributed by atoms with Crippen LogP contribution in [0.2, 0.25) is 0 Å². The number of Topliss-reactive ketones (excluding diaryl/α,β-unsaturated/α-hetero) is 1. The van der Waals surface area contributed by atoms with Gasteiger partial charge in [-0.1, -0.05) is 0 Å². The van der Waals surface area contributed by atoms with Gasteiger partial charge < -0.3 is 14.4 Å². The molecular formula is C14H19NO3. The highest BCUT2D eigenvalue weighted by molar-refractivity contribution is 5.99. The fourth-order valence-electron chi connectivity index (χ4n) is 1.90. The minimum Gasteiger partial charge on any atom is -0.494 e. The van der Waals surface area contributed by atoms with Gasteiger partial charge in [0, 0.05) is 13.0 Å². The summed E-state index contributed by atoms with van der Waals surface area (Å²) in [6.45, 7) is 2.13. The summed E-state index contributed by atoms with van der Waals surface area (Å²) < 4.78 is 11.1. The Balaban J connectivity index is 1.94. The van der Waals surface area contributed by atoms with Gasteiger partial charge >= 0.3 is 0 Å². The average Bonchev–Trinajstić information content (AvgIpc) is 2.35. The number of nitrogens with zero attached hydrogens (tertiary/aromatic N) is 1. The lowest BCUT2D eigenvalue weighted by atomic mass is 10.0. The molecule has 2 rings (SSSR count). The van der Waals surface area contributed by atoms with Crippen molar-refractivity contribution in [1.29, 1.82) is 0 Å². The standard InChI is InChI=1S/C14H19NO3/c1-15(2)7-3-8-17-11-4-5-14-12(10-11)13(16)6-9-18-14/h4-5,10H,3,6-9H2,1-2H3. The predicted octanol–water partition coefficient (Wildman–Crippen LogP) is 1.98. The normalized spacial score (nSPS) is 14.3. The molecule has 1 aliphatic rings. The predicted molar refractivity (Wildman–Crippen MR) is 69.6 cm³/mol. The Kier molecular flexibility index (Phi) is 4.20. The highest BCUT2D eigenvalue weighted by Gasteiger charge is 2.18. The maximum atomic E-state index is 11.7. The zero-order valence-corrected chi connectivity index (χ0v) is 10.9. The van der Waals surface area contributed by atoms with Crippen LogP contribution in [0.1, 0.15) is 23.2 Å². The molecule has 0 bridgehead atoms. The third-order valence-corrected chi connectivity index (χ3v) is 2.86. The Morgan fingerprint density at radius 1 is 1.39 bits per heavy atom.